The molecule has 6 N–H and O–H groups in total. The predicted octanol–water partition coefficient (Wildman–Crippen LogP) is 3.12. The van der Waals surface area contributed by atoms with Crippen LogP contribution in [0.4, 0.5) is 17.1 Å². The SMILES string of the molecule is CCc1cc(S(=O)(=O)Nc2ccc(N3CCC(NC[C@H](O)c4ccc(O)c(NS(C)(=O)=O)c4)CC3)cc2)ccc1C(=O)O. The first kappa shape index (κ1) is 32.1. The van der Waals surface area contributed by atoms with E-state index in [0.29, 0.717) is 23.2 Å². The van der Waals surface area contributed by atoms with Gasteiger partial charge in [-0.05, 0) is 85.0 Å². The summed E-state index contributed by atoms with van der Waals surface area (Å²) >= 11 is 0. The van der Waals surface area contributed by atoms with E-state index in [1.807, 2.05) is 12.1 Å². The Labute approximate surface area is 251 Å². The van der Waals surface area contributed by atoms with E-state index in [0.717, 1.165) is 37.9 Å². The predicted molar refractivity (Wildman–Crippen MR) is 165 cm³/mol. The minimum Gasteiger partial charge on any atom is -0.506 e. The molecule has 1 aliphatic heterocycles. The zero-order valence-electron chi connectivity index (χ0n) is 23.8. The molecule has 0 bridgehead atoms. The quantitative estimate of drug-likeness (QED) is 0.162. The first-order valence-electron chi connectivity index (χ1n) is 13.7. The molecule has 1 atom stereocenters. The average Bonchev–Trinajstić information content (AvgIpc) is 2.96. The number of hydrogen-bond acceptors (Lipinski definition) is 9. The van der Waals surface area contributed by atoms with Crippen molar-refractivity contribution in [2.45, 2.75) is 43.2 Å². The summed E-state index contributed by atoms with van der Waals surface area (Å²) in [5, 5.41) is 33.2. The third kappa shape index (κ3) is 8.38. The lowest BCUT2D eigenvalue weighted by atomic mass is 10.0. The number of carboxylic acid groups (broad SMARTS) is 1. The third-order valence-corrected chi connectivity index (χ3v) is 9.25. The van der Waals surface area contributed by atoms with Gasteiger partial charge in [0.25, 0.3) is 10.0 Å². The second kappa shape index (κ2) is 13.2. The number of nitrogens with one attached hydrogen (secondary N) is 3. The number of rotatable bonds is 12. The highest BCUT2D eigenvalue weighted by Crippen LogP contribution is 2.28. The molecule has 4 rings (SSSR count). The monoisotopic (exact) mass is 632 g/mol. The molecular weight excluding hydrogens is 596 g/mol. The van der Waals surface area contributed by atoms with E-state index in [1.165, 1.54) is 30.3 Å². The van der Waals surface area contributed by atoms with Crippen LogP contribution in [0.2, 0.25) is 0 Å². The van der Waals surface area contributed by atoms with E-state index >= 15 is 0 Å². The molecule has 0 saturated carbocycles. The van der Waals surface area contributed by atoms with Crippen LogP contribution in [0.3, 0.4) is 0 Å². The van der Waals surface area contributed by atoms with Crippen molar-refractivity contribution in [2.75, 3.05) is 40.2 Å². The first-order chi connectivity index (χ1) is 20.3. The van der Waals surface area contributed by atoms with Gasteiger partial charge >= 0.3 is 5.97 Å². The fourth-order valence-electron chi connectivity index (χ4n) is 4.97. The smallest absolute Gasteiger partial charge is 0.335 e. The van der Waals surface area contributed by atoms with Crippen LogP contribution in [0.5, 0.6) is 5.75 Å². The van der Waals surface area contributed by atoms with Crippen molar-refractivity contribution in [1.82, 2.24) is 5.32 Å². The summed E-state index contributed by atoms with van der Waals surface area (Å²) in [4.78, 5) is 13.6. The number of piperidine rings is 1. The van der Waals surface area contributed by atoms with Gasteiger partial charge in [-0.25, -0.2) is 21.6 Å². The van der Waals surface area contributed by atoms with Crippen LogP contribution in [0, 0.1) is 0 Å². The van der Waals surface area contributed by atoms with Crippen molar-refractivity contribution in [2.24, 2.45) is 0 Å². The maximum absolute atomic E-state index is 12.9. The van der Waals surface area contributed by atoms with Crippen LogP contribution in [-0.2, 0) is 26.5 Å². The Morgan fingerprint density at radius 1 is 0.977 bits per heavy atom. The van der Waals surface area contributed by atoms with Gasteiger partial charge in [0.1, 0.15) is 5.75 Å². The number of sulfonamides is 2. The van der Waals surface area contributed by atoms with Crippen molar-refractivity contribution >= 4 is 43.1 Å². The standard InChI is InChI=1S/C29H36N4O8S2/c1-3-19-16-24(9-10-25(19)29(36)37)43(40,41)31-22-5-7-23(8-6-22)33-14-12-21(13-15-33)30-18-28(35)20-4-11-27(34)26(17-20)32-42(2,38)39/h4-11,16-17,21,28,30-32,34-35H,3,12-15,18H2,1-2H3,(H,36,37)/t28-/m0/s1. The van der Waals surface area contributed by atoms with Crippen LogP contribution >= 0.6 is 0 Å². The first-order valence-corrected chi connectivity index (χ1v) is 17.1. The molecular formula is C29H36N4O8S2. The maximum atomic E-state index is 12.9. The molecule has 0 spiro atoms. The molecule has 3 aromatic carbocycles. The van der Waals surface area contributed by atoms with Gasteiger partial charge < -0.3 is 25.5 Å². The summed E-state index contributed by atoms with van der Waals surface area (Å²) in [6, 6.07) is 15.5. The van der Waals surface area contributed by atoms with E-state index in [1.54, 1.807) is 25.1 Å². The van der Waals surface area contributed by atoms with Gasteiger partial charge in [0.05, 0.1) is 28.5 Å². The molecule has 0 radical (unpaired) electrons. The Morgan fingerprint density at radius 2 is 1.65 bits per heavy atom. The summed E-state index contributed by atoms with van der Waals surface area (Å²) in [5.41, 5.74) is 2.32. The Bertz CT molecular complexity index is 1670. The summed E-state index contributed by atoms with van der Waals surface area (Å²) in [6.07, 6.45) is 2.08. The molecule has 1 heterocycles. The number of aryl methyl sites for hydroxylation is 1. The lowest BCUT2D eigenvalue weighted by Crippen LogP contribution is -2.43. The van der Waals surface area contributed by atoms with E-state index in [2.05, 4.69) is 19.7 Å². The number of anilines is 3. The summed E-state index contributed by atoms with van der Waals surface area (Å²) in [6.45, 7) is 3.51. The molecule has 0 unspecified atom stereocenters. The fraction of sp³-hybridized carbons (Fsp3) is 0.345. The fourth-order valence-corrected chi connectivity index (χ4v) is 6.64. The Hall–Kier alpha value is -3.85. The van der Waals surface area contributed by atoms with E-state index in [-0.39, 0.29) is 34.5 Å². The van der Waals surface area contributed by atoms with Gasteiger partial charge in [-0.1, -0.05) is 13.0 Å². The number of benzene rings is 3. The molecule has 232 valence electrons. The molecule has 0 aliphatic carbocycles. The Morgan fingerprint density at radius 3 is 2.26 bits per heavy atom. The lowest BCUT2D eigenvalue weighted by Gasteiger charge is -2.34. The molecule has 43 heavy (non-hydrogen) atoms. The number of aromatic hydroxyl groups is 1. The zero-order chi connectivity index (χ0) is 31.4. The molecule has 1 fully saturated rings. The number of aromatic carboxylic acids is 1. The molecule has 12 nitrogen and oxygen atoms in total. The van der Waals surface area contributed by atoms with Crippen LogP contribution in [0.25, 0.3) is 0 Å². The van der Waals surface area contributed by atoms with Crippen molar-refractivity contribution in [3.05, 3.63) is 77.4 Å². The number of carbonyl (C=O) groups is 1. The summed E-state index contributed by atoms with van der Waals surface area (Å²) in [7, 11) is -7.49. The Kier molecular flexibility index (Phi) is 9.85. The number of hydrogen-bond donors (Lipinski definition) is 6. The molecule has 1 saturated heterocycles. The van der Waals surface area contributed by atoms with Gasteiger partial charge in [0, 0.05) is 37.1 Å². The molecule has 1 aliphatic rings. The number of aliphatic hydroxyl groups is 1. The topological polar surface area (TPSA) is 185 Å². The van der Waals surface area contributed by atoms with Gasteiger partial charge in [0.15, 0.2) is 0 Å². The van der Waals surface area contributed by atoms with Crippen molar-refractivity contribution in [1.29, 1.82) is 0 Å². The maximum Gasteiger partial charge on any atom is 0.335 e. The summed E-state index contributed by atoms with van der Waals surface area (Å²) in [5.74, 6) is -1.33. The minimum atomic E-state index is -3.91. The molecule has 0 aromatic heterocycles. The number of nitrogens with zero attached hydrogens (tertiary/aromatic N) is 1. The van der Waals surface area contributed by atoms with Crippen molar-refractivity contribution < 1.29 is 36.9 Å². The number of carboxylic acids is 1. The van der Waals surface area contributed by atoms with E-state index in [9.17, 15) is 36.9 Å². The number of phenols is 1. The van der Waals surface area contributed by atoms with Gasteiger partial charge in [-0.3, -0.25) is 9.44 Å². The van der Waals surface area contributed by atoms with Crippen molar-refractivity contribution in [3.63, 3.8) is 0 Å². The van der Waals surface area contributed by atoms with Crippen molar-refractivity contribution in [3.8, 4) is 5.75 Å². The van der Waals surface area contributed by atoms with Gasteiger partial charge in [0.2, 0.25) is 10.0 Å². The average molecular weight is 633 g/mol. The highest BCUT2D eigenvalue weighted by atomic mass is 32.2. The molecule has 3 aromatic rings. The second-order valence-corrected chi connectivity index (χ2v) is 13.9. The van der Waals surface area contributed by atoms with Gasteiger partial charge in [-0.15, -0.1) is 0 Å². The molecule has 14 heteroatoms. The minimum absolute atomic E-state index is 0.00506. The van der Waals surface area contributed by atoms with Gasteiger partial charge in [-0.2, -0.15) is 0 Å². The highest BCUT2D eigenvalue weighted by molar-refractivity contribution is 7.92. The van der Waals surface area contributed by atoms with E-state index < -0.39 is 32.1 Å². The van der Waals surface area contributed by atoms with Crippen LogP contribution < -0.4 is 19.7 Å². The van der Waals surface area contributed by atoms with Crippen LogP contribution in [-0.4, -0.2) is 70.1 Å². The van der Waals surface area contributed by atoms with Crippen LogP contribution in [0.15, 0.2) is 65.6 Å². The number of phenolic OH excluding ortho intramolecular Hbond substituents is 1. The highest BCUT2D eigenvalue weighted by Gasteiger charge is 2.22. The largest absolute Gasteiger partial charge is 0.506 e. The number of aliphatic hydroxyl groups excluding tert-OH is 1. The Balaban J connectivity index is 1.29. The van der Waals surface area contributed by atoms with Crippen LogP contribution in [0.1, 0.15) is 47.4 Å². The third-order valence-electron chi connectivity index (χ3n) is 7.28. The van der Waals surface area contributed by atoms with E-state index in [4.69, 9.17) is 0 Å². The summed E-state index contributed by atoms with van der Waals surface area (Å²) < 4.78 is 53.7. The lowest BCUT2D eigenvalue weighted by molar-refractivity contribution is 0.0695. The molecule has 0 amide bonds. The zero-order valence-corrected chi connectivity index (χ0v) is 25.5. The normalized spacial score (nSPS) is 15.2. The second-order valence-electron chi connectivity index (χ2n) is 10.5.